The van der Waals surface area contributed by atoms with E-state index in [0.717, 1.165) is 48.0 Å². The van der Waals surface area contributed by atoms with Gasteiger partial charge in [-0.25, -0.2) is 0 Å². The Morgan fingerprint density at radius 2 is 1.25 bits per heavy atom. The van der Waals surface area contributed by atoms with Gasteiger partial charge in [-0.2, -0.15) is 5.01 Å². The number of benzene rings is 4. The average Bonchev–Trinajstić information content (AvgIpc) is 3.52. The molecule has 7 nitrogen and oxygen atoms in total. The van der Waals surface area contributed by atoms with Crippen LogP contribution in [0.15, 0.2) is 77.3 Å². The molecule has 0 saturated carbocycles. The number of hydrogen-bond donors (Lipinski definition) is 4. The fraction of sp³-hybridized carbons (Fsp3) is 0. The molecule has 0 radical (unpaired) electrons. The van der Waals surface area contributed by atoms with Gasteiger partial charge < -0.3 is 15.3 Å². The maximum absolute atomic E-state index is 13.8. The molecule has 2 amide bonds. The molecule has 0 bridgehead atoms. The first kappa shape index (κ1) is 21.1. The van der Waals surface area contributed by atoms with E-state index in [1.807, 2.05) is 72.8 Å². The Hall–Kier alpha value is -4.21. The van der Waals surface area contributed by atoms with Gasteiger partial charge >= 0.3 is 0 Å². The predicted molar refractivity (Wildman–Crippen MR) is 149 cm³/mol. The maximum Gasteiger partial charge on any atom is 0.281 e. The van der Waals surface area contributed by atoms with Crippen LogP contribution in [0.4, 0.5) is 5.69 Å². The normalized spacial score (nSPS) is 13.3. The molecule has 36 heavy (non-hydrogen) atoms. The van der Waals surface area contributed by atoms with E-state index in [4.69, 9.17) is 12.2 Å². The number of carbonyl (C=O) groups is 2. The molecule has 0 atom stereocenters. The summed E-state index contributed by atoms with van der Waals surface area (Å²) in [6.07, 6.45) is 0. The fourth-order valence-electron chi connectivity index (χ4n) is 5.07. The molecule has 0 spiro atoms. The SMILES string of the molecule is O=C1c2c(c3c4ccccc4[nH]c3c3[nH]c4ccccc4c23)C(=O)N1NC(=S)Nc1ccc(Br)cc1. The first-order valence-corrected chi connectivity index (χ1v) is 12.4. The molecular weight excluding hydrogens is 538 g/mol. The van der Waals surface area contributed by atoms with Crippen LogP contribution in [-0.4, -0.2) is 31.9 Å². The first-order valence-electron chi connectivity index (χ1n) is 11.2. The smallest absolute Gasteiger partial charge is 0.281 e. The third-order valence-corrected chi connectivity index (χ3v) is 7.28. The number of nitrogens with one attached hydrogen (secondary N) is 4. The van der Waals surface area contributed by atoms with Gasteiger partial charge in [-0.3, -0.25) is 15.0 Å². The number of thiocarbonyl (C=S) groups is 1. The summed E-state index contributed by atoms with van der Waals surface area (Å²) in [5.74, 6) is -0.895. The van der Waals surface area contributed by atoms with E-state index < -0.39 is 11.8 Å². The molecule has 2 aromatic heterocycles. The fourth-order valence-corrected chi connectivity index (χ4v) is 5.54. The summed E-state index contributed by atoms with van der Waals surface area (Å²) in [7, 11) is 0. The minimum atomic E-state index is -0.447. The Labute approximate surface area is 217 Å². The average molecular weight is 554 g/mol. The van der Waals surface area contributed by atoms with Gasteiger partial charge in [0, 0.05) is 42.7 Å². The van der Waals surface area contributed by atoms with E-state index in [1.165, 1.54) is 0 Å². The van der Waals surface area contributed by atoms with Crippen LogP contribution >= 0.6 is 28.1 Å². The monoisotopic (exact) mass is 553 g/mol. The Kier molecular flexibility index (Phi) is 4.48. The van der Waals surface area contributed by atoms with Crippen LogP contribution in [-0.2, 0) is 0 Å². The van der Waals surface area contributed by atoms with Crippen LogP contribution in [0.3, 0.4) is 0 Å². The highest BCUT2D eigenvalue weighted by Gasteiger charge is 2.41. The molecule has 7 rings (SSSR count). The minimum Gasteiger partial charge on any atom is -0.353 e. The third-order valence-electron chi connectivity index (χ3n) is 6.56. The zero-order valence-electron chi connectivity index (χ0n) is 18.5. The van der Waals surface area contributed by atoms with Crippen molar-refractivity contribution < 1.29 is 9.59 Å². The topological polar surface area (TPSA) is 93.0 Å². The number of nitrogens with zero attached hydrogens (tertiary/aromatic N) is 1. The maximum atomic E-state index is 13.8. The molecule has 4 N–H and O–H groups in total. The summed E-state index contributed by atoms with van der Waals surface area (Å²) >= 11 is 8.85. The predicted octanol–water partition coefficient (Wildman–Crippen LogP) is 6.22. The lowest BCUT2D eigenvalue weighted by Gasteiger charge is -2.18. The van der Waals surface area contributed by atoms with Gasteiger partial charge in [0.2, 0.25) is 0 Å². The summed E-state index contributed by atoms with van der Waals surface area (Å²) in [5.41, 5.74) is 7.64. The number of anilines is 1. The molecule has 1 aliphatic heterocycles. The summed E-state index contributed by atoms with van der Waals surface area (Å²) in [6.45, 7) is 0. The minimum absolute atomic E-state index is 0.136. The summed E-state index contributed by atoms with van der Waals surface area (Å²) < 4.78 is 0.928. The third kappa shape index (κ3) is 2.93. The Morgan fingerprint density at radius 1 is 0.750 bits per heavy atom. The van der Waals surface area contributed by atoms with Crippen molar-refractivity contribution in [1.82, 2.24) is 20.4 Å². The van der Waals surface area contributed by atoms with Crippen molar-refractivity contribution in [3.05, 3.63) is 88.4 Å². The van der Waals surface area contributed by atoms with Crippen LogP contribution in [0, 0.1) is 0 Å². The molecule has 6 aromatic rings. The van der Waals surface area contributed by atoms with Crippen molar-refractivity contribution in [2.45, 2.75) is 0 Å². The lowest BCUT2D eigenvalue weighted by atomic mass is 9.97. The quantitative estimate of drug-likeness (QED) is 0.151. The molecule has 1 aliphatic rings. The molecule has 0 saturated heterocycles. The molecular formula is C27H16BrN5O2S. The molecule has 4 aromatic carbocycles. The van der Waals surface area contributed by atoms with Crippen LogP contribution in [0.25, 0.3) is 43.6 Å². The molecule has 3 heterocycles. The Morgan fingerprint density at radius 3 is 1.78 bits per heavy atom. The van der Waals surface area contributed by atoms with Crippen molar-refractivity contribution in [2.75, 3.05) is 5.32 Å². The summed E-state index contributed by atoms with van der Waals surface area (Å²) in [6, 6.07) is 23.0. The van der Waals surface area contributed by atoms with E-state index in [1.54, 1.807) is 0 Å². The zero-order chi connectivity index (χ0) is 24.6. The van der Waals surface area contributed by atoms with Gasteiger partial charge in [0.15, 0.2) is 5.11 Å². The number of fused-ring (bicyclic) bond motifs is 10. The first-order chi connectivity index (χ1) is 17.5. The second-order valence-corrected chi connectivity index (χ2v) is 9.93. The number of hydrazine groups is 1. The number of H-pyrrole nitrogens is 2. The lowest BCUT2D eigenvalue weighted by molar-refractivity contribution is 0.0614. The zero-order valence-corrected chi connectivity index (χ0v) is 20.9. The highest BCUT2D eigenvalue weighted by Crippen LogP contribution is 2.43. The number of aromatic amines is 2. The number of hydrogen-bond acceptors (Lipinski definition) is 3. The van der Waals surface area contributed by atoms with E-state index >= 15 is 0 Å². The van der Waals surface area contributed by atoms with Gasteiger partial charge in [0.1, 0.15) is 0 Å². The Balaban J connectivity index is 1.43. The van der Waals surface area contributed by atoms with E-state index in [2.05, 4.69) is 36.6 Å². The summed E-state index contributed by atoms with van der Waals surface area (Å²) in [4.78, 5) is 34.6. The summed E-state index contributed by atoms with van der Waals surface area (Å²) in [5, 5.41) is 7.35. The van der Waals surface area contributed by atoms with Crippen molar-refractivity contribution in [3.8, 4) is 0 Å². The van der Waals surface area contributed by atoms with Crippen molar-refractivity contribution in [2.24, 2.45) is 0 Å². The number of amides is 2. The highest BCUT2D eigenvalue weighted by atomic mass is 79.9. The molecule has 174 valence electrons. The van der Waals surface area contributed by atoms with Crippen LogP contribution in [0.5, 0.6) is 0 Å². The second-order valence-electron chi connectivity index (χ2n) is 8.61. The van der Waals surface area contributed by atoms with Crippen LogP contribution < -0.4 is 10.7 Å². The number of halogens is 1. The standard InChI is InChI=1S/C27H16BrN5O2S/c28-13-9-11-14(12-10-13)29-27(36)32-33-25(34)21-19-15-5-1-3-7-17(15)30-23(19)24-20(22(21)26(33)35)16-6-2-4-8-18(16)31-24/h1-12,30-31H,(H2,29,32,36). The number of aromatic nitrogens is 2. The lowest BCUT2D eigenvalue weighted by Crippen LogP contribution is -2.47. The molecule has 0 fully saturated rings. The second kappa shape index (κ2) is 7.64. The number of rotatable bonds is 2. The number of imide groups is 1. The van der Waals surface area contributed by atoms with Gasteiger partial charge in [-0.15, -0.1) is 0 Å². The van der Waals surface area contributed by atoms with Crippen molar-refractivity contribution in [1.29, 1.82) is 0 Å². The van der Waals surface area contributed by atoms with Gasteiger partial charge in [-0.1, -0.05) is 52.3 Å². The van der Waals surface area contributed by atoms with Crippen molar-refractivity contribution >= 4 is 94.4 Å². The Bertz CT molecular complexity index is 1810. The number of carbonyl (C=O) groups excluding carboxylic acids is 2. The van der Waals surface area contributed by atoms with Gasteiger partial charge in [0.05, 0.1) is 22.2 Å². The van der Waals surface area contributed by atoms with Crippen LogP contribution in [0.1, 0.15) is 20.7 Å². The largest absolute Gasteiger partial charge is 0.353 e. The van der Waals surface area contributed by atoms with E-state index in [9.17, 15) is 9.59 Å². The van der Waals surface area contributed by atoms with Gasteiger partial charge in [-0.05, 0) is 48.6 Å². The van der Waals surface area contributed by atoms with E-state index in [0.29, 0.717) is 21.9 Å². The van der Waals surface area contributed by atoms with E-state index in [-0.39, 0.29) is 5.11 Å². The number of para-hydroxylation sites is 2. The molecule has 9 heteroatoms. The van der Waals surface area contributed by atoms with Crippen molar-refractivity contribution in [3.63, 3.8) is 0 Å². The molecule has 0 aliphatic carbocycles. The van der Waals surface area contributed by atoms with Crippen LogP contribution in [0.2, 0.25) is 0 Å². The highest BCUT2D eigenvalue weighted by molar-refractivity contribution is 9.10. The van der Waals surface area contributed by atoms with Gasteiger partial charge in [0.25, 0.3) is 11.8 Å². The molecule has 0 unspecified atom stereocenters.